The first-order valence-electron chi connectivity index (χ1n) is 7.18. The smallest absolute Gasteiger partial charge is 0.227 e. The Morgan fingerprint density at radius 3 is 2.75 bits per heavy atom. The summed E-state index contributed by atoms with van der Waals surface area (Å²) in [6.45, 7) is 1.82. The van der Waals surface area contributed by atoms with Crippen molar-refractivity contribution in [2.75, 3.05) is 11.9 Å². The first-order valence-corrected chi connectivity index (χ1v) is 7.18. The molecule has 1 aromatic rings. The lowest BCUT2D eigenvalue weighted by molar-refractivity contribution is -0.120. The molecule has 2 aliphatic rings. The van der Waals surface area contributed by atoms with Gasteiger partial charge >= 0.3 is 0 Å². The van der Waals surface area contributed by atoms with E-state index in [1.165, 1.54) is 6.42 Å². The van der Waals surface area contributed by atoms with Gasteiger partial charge in [-0.25, -0.2) is 0 Å². The Morgan fingerprint density at radius 1 is 1.35 bits per heavy atom. The maximum atomic E-state index is 12.2. The lowest BCUT2D eigenvalue weighted by Crippen LogP contribution is -2.21. The molecule has 1 aromatic carbocycles. The van der Waals surface area contributed by atoms with Gasteiger partial charge in [-0.2, -0.15) is 0 Å². The van der Waals surface area contributed by atoms with E-state index >= 15 is 0 Å². The number of anilines is 1. The number of hydrogen-bond donors (Lipinski definition) is 2. The first kappa shape index (κ1) is 13.2. The van der Waals surface area contributed by atoms with Crippen molar-refractivity contribution in [3.05, 3.63) is 29.3 Å². The molecule has 0 radical (unpaired) electrons. The zero-order valence-corrected chi connectivity index (χ0v) is 11.6. The molecular weight excluding hydrogens is 250 g/mol. The molecule has 2 saturated carbocycles. The van der Waals surface area contributed by atoms with Crippen molar-refractivity contribution in [2.45, 2.75) is 26.2 Å². The summed E-state index contributed by atoms with van der Waals surface area (Å²) in [6, 6.07) is 5.71. The normalized spacial score (nSPS) is 26.4. The summed E-state index contributed by atoms with van der Waals surface area (Å²) in [5.41, 5.74) is 2.74. The maximum absolute atomic E-state index is 12.2. The zero-order valence-electron chi connectivity index (χ0n) is 11.6. The van der Waals surface area contributed by atoms with Crippen molar-refractivity contribution in [3.8, 4) is 11.8 Å². The van der Waals surface area contributed by atoms with Crippen LogP contribution in [0.4, 0.5) is 5.69 Å². The van der Waals surface area contributed by atoms with E-state index in [0.717, 1.165) is 41.5 Å². The Labute approximate surface area is 119 Å². The van der Waals surface area contributed by atoms with Crippen LogP contribution in [0.25, 0.3) is 0 Å². The number of aliphatic hydroxyl groups is 1. The summed E-state index contributed by atoms with van der Waals surface area (Å²) in [7, 11) is 0. The second-order valence-corrected chi connectivity index (χ2v) is 5.90. The van der Waals surface area contributed by atoms with Crippen LogP contribution < -0.4 is 5.32 Å². The van der Waals surface area contributed by atoms with Crippen LogP contribution in [0.1, 0.15) is 30.4 Å². The van der Waals surface area contributed by atoms with Gasteiger partial charge in [-0.3, -0.25) is 4.79 Å². The van der Waals surface area contributed by atoms with Crippen LogP contribution in [0.5, 0.6) is 0 Å². The molecule has 0 saturated heterocycles. The van der Waals surface area contributed by atoms with Crippen LogP contribution in [0, 0.1) is 36.5 Å². The van der Waals surface area contributed by atoms with Crippen molar-refractivity contribution in [2.24, 2.45) is 17.8 Å². The minimum atomic E-state index is -0.137. The third-order valence-electron chi connectivity index (χ3n) is 4.41. The molecule has 2 N–H and O–H groups in total. The van der Waals surface area contributed by atoms with Crippen molar-refractivity contribution in [1.29, 1.82) is 0 Å². The topological polar surface area (TPSA) is 49.3 Å². The minimum Gasteiger partial charge on any atom is -0.384 e. The number of rotatable bonds is 2. The van der Waals surface area contributed by atoms with Gasteiger partial charge in [-0.15, -0.1) is 0 Å². The molecule has 2 atom stereocenters. The van der Waals surface area contributed by atoms with E-state index in [1.54, 1.807) is 0 Å². The number of benzene rings is 1. The number of hydrogen-bond acceptors (Lipinski definition) is 2. The predicted molar refractivity (Wildman–Crippen MR) is 78.1 cm³/mol. The molecule has 3 nitrogen and oxygen atoms in total. The lowest BCUT2D eigenvalue weighted by Gasteiger charge is -2.13. The number of amides is 1. The fourth-order valence-electron chi connectivity index (χ4n) is 3.19. The average Bonchev–Trinajstić information content (AvgIpc) is 3.04. The van der Waals surface area contributed by atoms with Crippen LogP contribution in [0.2, 0.25) is 0 Å². The van der Waals surface area contributed by atoms with Crippen molar-refractivity contribution < 1.29 is 9.90 Å². The Kier molecular flexibility index (Phi) is 3.50. The van der Waals surface area contributed by atoms with Gasteiger partial charge in [0, 0.05) is 17.2 Å². The molecule has 0 aliphatic heterocycles. The first-order chi connectivity index (χ1) is 9.67. The van der Waals surface area contributed by atoms with E-state index in [9.17, 15) is 4.79 Å². The summed E-state index contributed by atoms with van der Waals surface area (Å²) in [4.78, 5) is 12.2. The van der Waals surface area contributed by atoms with E-state index < -0.39 is 0 Å². The van der Waals surface area contributed by atoms with Crippen LogP contribution in [-0.4, -0.2) is 17.6 Å². The van der Waals surface area contributed by atoms with Crippen LogP contribution in [0.15, 0.2) is 18.2 Å². The molecule has 2 unspecified atom stereocenters. The summed E-state index contributed by atoms with van der Waals surface area (Å²) < 4.78 is 0. The van der Waals surface area contributed by atoms with E-state index in [4.69, 9.17) is 5.11 Å². The van der Waals surface area contributed by atoms with Gasteiger partial charge in [-0.05, 0) is 61.8 Å². The third kappa shape index (κ3) is 2.71. The molecule has 20 heavy (non-hydrogen) atoms. The molecular formula is C17H19NO2. The highest BCUT2D eigenvalue weighted by Crippen LogP contribution is 2.54. The number of carbonyl (C=O) groups excluding carboxylic acids is 1. The summed E-state index contributed by atoms with van der Waals surface area (Å²) in [5.74, 6) is 7.54. The van der Waals surface area contributed by atoms with E-state index in [2.05, 4.69) is 17.2 Å². The summed E-state index contributed by atoms with van der Waals surface area (Å²) >= 11 is 0. The number of nitrogens with one attached hydrogen (secondary N) is 1. The monoisotopic (exact) mass is 269 g/mol. The fourth-order valence-corrected chi connectivity index (χ4v) is 3.19. The van der Waals surface area contributed by atoms with Crippen LogP contribution in [-0.2, 0) is 4.79 Å². The number of aryl methyl sites for hydroxylation is 1. The highest BCUT2D eigenvalue weighted by Gasteiger charge is 2.47. The number of carbonyl (C=O) groups is 1. The van der Waals surface area contributed by atoms with Gasteiger partial charge in [0.15, 0.2) is 0 Å². The van der Waals surface area contributed by atoms with Gasteiger partial charge in [0.2, 0.25) is 5.91 Å². The maximum Gasteiger partial charge on any atom is 0.227 e. The molecule has 104 valence electrons. The highest BCUT2D eigenvalue weighted by atomic mass is 16.2. The SMILES string of the molecule is Cc1cc(NC(=O)C2CC3CC3C2)ccc1C#CCO. The third-order valence-corrected chi connectivity index (χ3v) is 4.41. The average molecular weight is 269 g/mol. The number of aliphatic hydroxyl groups excluding tert-OH is 1. The van der Waals surface area contributed by atoms with Gasteiger partial charge < -0.3 is 10.4 Å². The summed E-state index contributed by atoms with van der Waals surface area (Å²) in [6.07, 6.45) is 3.46. The quantitative estimate of drug-likeness (QED) is 0.810. The highest BCUT2D eigenvalue weighted by molar-refractivity contribution is 5.93. The summed E-state index contributed by atoms with van der Waals surface area (Å²) in [5, 5.41) is 11.7. The predicted octanol–water partition coefficient (Wildman–Crippen LogP) is 2.32. The van der Waals surface area contributed by atoms with Crippen molar-refractivity contribution in [3.63, 3.8) is 0 Å². The second-order valence-electron chi connectivity index (χ2n) is 5.90. The molecule has 0 aromatic heterocycles. The van der Waals surface area contributed by atoms with E-state index in [-0.39, 0.29) is 18.4 Å². The van der Waals surface area contributed by atoms with E-state index in [0.29, 0.717) is 0 Å². The Morgan fingerprint density at radius 2 is 2.10 bits per heavy atom. The van der Waals surface area contributed by atoms with Gasteiger partial charge in [0.1, 0.15) is 6.61 Å². The molecule has 1 amide bonds. The van der Waals surface area contributed by atoms with Crippen molar-refractivity contribution >= 4 is 11.6 Å². The lowest BCUT2D eigenvalue weighted by atomic mass is 10.0. The Bertz CT molecular complexity index is 587. The van der Waals surface area contributed by atoms with Crippen LogP contribution in [0.3, 0.4) is 0 Å². The van der Waals surface area contributed by atoms with E-state index in [1.807, 2.05) is 25.1 Å². The van der Waals surface area contributed by atoms with Gasteiger partial charge in [0.25, 0.3) is 0 Å². The minimum absolute atomic E-state index is 0.137. The largest absolute Gasteiger partial charge is 0.384 e. The molecule has 0 spiro atoms. The van der Waals surface area contributed by atoms with Crippen molar-refractivity contribution in [1.82, 2.24) is 0 Å². The zero-order chi connectivity index (χ0) is 14.1. The number of fused-ring (bicyclic) bond motifs is 1. The second kappa shape index (κ2) is 5.30. The molecule has 3 heteroatoms. The van der Waals surface area contributed by atoms with Gasteiger partial charge in [0.05, 0.1) is 0 Å². The Hall–Kier alpha value is -1.79. The molecule has 2 fully saturated rings. The molecule has 3 rings (SSSR count). The molecule has 2 aliphatic carbocycles. The Balaban J connectivity index is 1.65. The molecule has 0 bridgehead atoms. The van der Waals surface area contributed by atoms with Gasteiger partial charge in [-0.1, -0.05) is 11.8 Å². The van der Waals surface area contributed by atoms with Crippen LogP contribution >= 0.6 is 0 Å². The molecule has 0 heterocycles. The standard InChI is InChI=1S/C17H19NO2/c1-11-7-16(5-4-12(11)3-2-6-19)18-17(20)15-9-13-8-14(13)10-15/h4-5,7,13-15,19H,6,8-10H2,1H3,(H,18,20). The fraction of sp³-hybridized carbons (Fsp3) is 0.471.